The highest BCUT2D eigenvalue weighted by atomic mass is 35.5. The Bertz CT molecular complexity index is 305. The number of halogens is 4. The van der Waals surface area contributed by atoms with E-state index < -0.39 is 12.8 Å². The summed E-state index contributed by atoms with van der Waals surface area (Å²) in [6, 6.07) is 1.43. The minimum atomic E-state index is -4.33. The Balaban J connectivity index is 2.39. The molecule has 78 valence electrons. The summed E-state index contributed by atoms with van der Waals surface area (Å²) in [4.78, 5) is 7.33. The molecule has 0 aromatic carbocycles. The predicted octanol–water partition coefficient (Wildman–Crippen LogP) is 2.21. The van der Waals surface area contributed by atoms with Crippen LogP contribution in [0.15, 0.2) is 12.3 Å². The van der Waals surface area contributed by atoms with E-state index in [2.05, 4.69) is 14.7 Å². The van der Waals surface area contributed by atoms with Gasteiger partial charge in [-0.25, -0.2) is 9.97 Å². The summed E-state index contributed by atoms with van der Waals surface area (Å²) in [5.74, 6) is 0.127. The van der Waals surface area contributed by atoms with E-state index >= 15 is 0 Å². The minimum absolute atomic E-state index is 0.127. The van der Waals surface area contributed by atoms with Gasteiger partial charge in [0.1, 0.15) is 18.4 Å². The molecule has 0 unspecified atom stereocenters. The zero-order valence-corrected chi connectivity index (χ0v) is 7.64. The van der Waals surface area contributed by atoms with Crippen molar-refractivity contribution >= 4 is 11.6 Å². The summed E-state index contributed by atoms with van der Waals surface area (Å²) in [5, 5.41) is 0.172. The average Bonchev–Trinajstić information content (AvgIpc) is 2.01. The molecule has 7 heteroatoms. The van der Waals surface area contributed by atoms with Crippen LogP contribution in [0.5, 0.6) is 0 Å². The van der Waals surface area contributed by atoms with E-state index in [0.717, 1.165) is 0 Å². The molecule has 3 nitrogen and oxygen atoms in total. The number of alkyl halides is 3. The van der Waals surface area contributed by atoms with Gasteiger partial charge < -0.3 is 4.74 Å². The van der Waals surface area contributed by atoms with Crippen LogP contribution in [0.1, 0.15) is 5.82 Å². The van der Waals surface area contributed by atoms with E-state index in [1.54, 1.807) is 0 Å². The minimum Gasteiger partial charge on any atom is -0.364 e. The van der Waals surface area contributed by atoms with Crippen LogP contribution in [0.4, 0.5) is 13.2 Å². The van der Waals surface area contributed by atoms with Crippen molar-refractivity contribution in [3.05, 3.63) is 23.2 Å². The zero-order chi connectivity index (χ0) is 10.6. The molecule has 0 amide bonds. The molecule has 1 heterocycles. The van der Waals surface area contributed by atoms with E-state index in [-0.39, 0.29) is 17.6 Å². The fourth-order valence-corrected chi connectivity index (χ4v) is 0.856. The van der Waals surface area contributed by atoms with Gasteiger partial charge >= 0.3 is 6.18 Å². The standard InChI is InChI=1S/C7H6ClF3N2O/c8-5-1-2-12-6(13-5)3-14-4-7(9,10)11/h1-2H,3-4H2. The van der Waals surface area contributed by atoms with Gasteiger partial charge in [-0.1, -0.05) is 11.6 Å². The summed E-state index contributed by atoms with van der Waals surface area (Å²) in [6.45, 7) is -1.62. The maximum Gasteiger partial charge on any atom is 0.411 e. The lowest BCUT2D eigenvalue weighted by molar-refractivity contribution is -0.177. The summed E-state index contributed by atoms with van der Waals surface area (Å²) in [7, 11) is 0. The van der Waals surface area contributed by atoms with Gasteiger partial charge in [0.2, 0.25) is 0 Å². The lowest BCUT2D eigenvalue weighted by atomic mass is 10.6. The first-order chi connectivity index (χ1) is 6.47. The number of aromatic nitrogens is 2. The first-order valence-electron chi connectivity index (χ1n) is 3.59. The SMILES string of the molecule is FC(F)(F)COCc1nccc(Cl)n1. The largest absolute Gasteiger partial charge is 0.411 e. The highest BCUT2D eigenvalue weighted by molar-refractivity contribution is 6.29. The number of hydrogen-bond acceptors (Lipinski definition) is 3. The number of nitrogens with zero attached hydrogens (tertiary/aromatic N) is 2. The van der Waals surface area contributed by atoms with E-state index in [9.17, 15) is 13.2 Å². The molecule has 1 aromatic heterocycles. The molecule has 1 rings (SSSR count). The summed E-state index contributed by atoms with van der Waals surface area (Å²) in [5.41, 5.74) is 0. The molecular weight excluding hydrogens is 221 g/mol. The molecule has 0 saturated carbocycles. The lowest BCUT2D eigenvalue weighted by Crippen LogP contribution is -2.17. The predicted molar refractivity (Wildman–Crippen MR) is 42.8 cm³/mol. The second kappa shape index (κ2) is 4.56. The topological polar surface area (TPSA) is 35.0 Å². The van der Waals surface area contributed by atoms with E-state index in [1.165, 1.54) is 12.3 Å². The molecule has 14 heavy (non-hydrogen) atoms. The number of hydrogen-bond donors (Lipinski definition) is 0. The third kappa shape index (κ3) is 4.38. The molecular formula is C7H6ClF3N2O. The molecule has 0 fully saturated rings. The van der Waals surface area contributed by atoms with E-state index in [0.29, 0.717) is 0 Å². The van der Waals surface area contributed by atoms with Gasteiger partial charge in [0.25, 0.3) is 0 Å². The van der Waals surface area contributed by atoms with Crippen molar-refractivity contribution in [2.45, 2.75) is 12.8 Å². The van der Waals surface area contributed by atoms with Crippen LogP contribution in [0.25, 0.3) is 0 Å². The van der Waals surface area contributed by atoms with Crippen molar-refractivity contribution in [3.63, 3.8) is 0 Å². The second-order valence-electron chi connectivity index (χ2n) is 2.40. The van der Waals surface area contributed by atoms with Gasteiger partial charge in [-0.2, -0.15) is 13.2 Å². The second-order valence-corrected chi connectivity index (χ2v) is 2.79. The smallest absolute Gasteiger partial charge is 0.364 e. The van der Waals surface area contributed by atoms with Crippen LogP contribution >= 0.6 is 11.6 Å². The quantitative estimate of drug-likeness (QED) is 0.742. The molecule has 0 aliphatic heterocycles. The Morgan fingerprint density at radius 2 is 2.14 bits per heavy atom. The van der Waals surface area contributed by atoms with Crippen LogP contribution in [0.2, 0.25) is 5.15 Å². The molecule has 0 bridgehead atoms. The van der Waals surface area contributed by atoms with Gasteiger partial charge in [0, 0.05) is 6.20 Å². The first kappa shape index (κ1) is 11.2. The highest BCUT2D eigenvalue weighted by Crippen LogP contribution is 2.15. The molecule has 0 aliphatic rings. The van der Waals surface area contributed by atoms with Crippen LogP contribution in [-0.4, -0.2) is 22.8 Å². The molecule has 0 aliphatic carbocycles. The van der Waals surface area contributed by atoms with Crippen molar-refractivity contribution in [1.29, 1.82) is 0 Å². The van der Waals surface area contributed by atoms with Crippen LogP contribution in [-0.2, 0) is 11.3 Å². The van der Waals surface area contributed by atoms with Crippen molar-refractivity contribution in [1.82, 2.24) is 9.97 Å². The third-order valence-electron chi connectivity index (χ3n) is 1.17. The van der Waals surface area contributed by atoms with Gasteiger partial charge in [-0.3, -0.25) is 0 Å². The molecule has 0 radical (unpaired) electrons. The van der Waals surface area contributed by atoms with Gasteiger partial charge in [-0.15, -0.1) is 0 Å². The lowest BCUT2D eigenvalue weighted by Gasteiger charge is -2.06. The van der Waals surface area contributed by atoms with E-state index in [1.807, 2.05) is 0 Å². The average molecular weight is 227 g/mol. The summed E-state index contributed by atoms with van der Waals surface area (Å²) in [6.07, 6.45) is -2.99. The molecule has 0 atom stereocenters. The normalized spacial score (nSPS) is 11.7. The number of rotatable bonds is 3. The van der Waals surface area contributed by atoms with Crippen molar-refractivity contribution < 1.29 is 17.9 Å². The third-order valence-corrected chi connectivity index (χ3v) is 1.38. The highest BCUT2D eigenvalue weighted by Gasteiger charge is 2.27. The van der Waals surface area contributed by atoms with Crippen molar-refractivity contribution in [3.8, 4) is 0 Å². The monoisotopic (exact) mass is 226 g/mol. The zero-order valence-electron chi connectivity index (χ0n) is 6.88. The molecule has 1 aromatic rings. The van der Waals surface area contributed by atoms with Crippen LogP contribution < -0.4 is 0 Å². The van der Waals surface area contributed by atoms with Crippen LogP contribution in [0.3, 0.4) is 0 Å². The summed E-state index contributed by atoms with van der Waals surface area (Å²) >= 11 is 5.48. The van der Waals surface area contributed by atoms with Gasteiger partial charge in [0.15, 0.2) is 5.82 Å². The first-order valence-corrected chi connectivity index (χ1v) is 3.97. The molecule has 0 saturated heterocycles. The summed E-state index contributed by atoms with van der Waals surface area (Å²) < 4.78 is 39.3. The van der Waals surface area contributed by atoms with Crippen LogP contribution in [0, 0.1) is 0 Å². The van der Waals surface area contributed by atoms with Crippen molar-refractivity contribution in [2.24, 2.45) is 0 Å². The van der Waals surface area contributed by atoms with E-state index in [4.69, 9.17) is 11.6 Å². The Hall–Kier alpha value is -0.880. The van der Waals surface area contributed by atoms with Crippen molar-refractivity contribution in [2.75, 3.05) is 6.61 Å². The maximum atomic E-state index is 11.6. The van der Waals surface area contributed by atoms with Gasteiger partial charge in [0.05, 0.1) is 0 Å². The fourth-order valence-electron chi connectivity index (χ4n) is 0.702. The number of ether oxygens (including phenoxy) is 1. The fraction of sp³-hybridized carbons (Fsp3) is 0.429. The Labute approximate surface area is 82.9 Å². The Morgan fingerprint density at radius 1 is 1.43 bits per heavy atom. The molecule has 0 N–H and O–H groups in total. The molecule has 0 spiro atoms. The van der Waals surface area contributed by atoms with Gasteiger partial charge in [-0.05, 0) is 6.07 Å². The maximum absolute atomic E-state index is 11.6. The Morgan fingerprint density at radius 3 is 2.71 bits per heavy atom. The Kier molecular flexibility index (Phi) is 3.65.